The zero-order valence-electron chi connectivity index (χ0n) is 8.94. The lowest BCUT2D eigenvalue weighted by Crippen LogP contribution is -2.17. The Bertz CT molecular complexity index is 550. The van der Waals surface area contributed by atoms with Crippen LogP contribution in [-0.4, -0.2) is 26.1 Å². The molecule has 0 radical (unpaired) electrons. The van der Waals surface area contributed by atoms with Crippen LogP contribution in [0.15, 0.2) is 6.33 Å². The molecule has 1 saturated heterocycles. The molecule has 3 rings (SSSR count). The Labute approximate surface area is 108 Å². The van der Waals surface area contributed by atoms with Gasteiger partial charge in [-0.15, -0.1) is 0 Å². The first-order valence-corrected chi connectivity index (χ1v) is 6.18. The fourth-order valence-corrected chi connectivity index (χ4v) is 2.51. The van der Waals surface area contributed by atoms with Crippen molar-refractivity contribution in [2.45, 2.75) is 25.5 Å². The third-order valence-corrected chi connectivity index (χ3v) is 3.26. The lowest BCUT2D eigenvalue weighted by molar-refractivity contribution is -0.0295. The van der Waals surface area contributed by atoms with Gasteiger partial charge in [0.05, 0.1) is 6.33 Å². The maximum Gasteiger partial charge on any atom is 0.225 e. The summed E-state index contributed by atoms with van der Waals surface area (Å²) in [5.41, 5.74) is 1.19. The van der Waals surface area contributed by atoms with Crippen LogP contribution < -0.4 is 0 Å². The second-order valence-corrected chi connectivity index (χ2v) is 4.62. The van der Waals surface area contributed by atoms with Crippen molar-refractivity contribution in [1.29, 1.82) is 0 Å². The number of rotatable bonds is 1. The molecule has 17 heavy (non-hydrogen) atoms. The van der Waals surface area contributed by atoms with E-state index in [1.807, 2.05) is 4.57 Å². The number of ether oxygens (including phenoxy) is 1. The Morgan fingerprint density at radius 1 is 1.29 bits per heavy atom. The molecule has 1 fully saturated rings. The van der Waals surface area contributed by atoms with Gasteiger partial charge in [0.25, 0.3) is 0 Å². The second-order valence-electron chi connectivity index (χ2n) is 3.93. The van der Waals surface area contributed by atoms with Crippen LogP contribution >= 0.6 is 23.2 Å². The summed E-state index contributed by atoms with van der Waals surface area (Å²) in [5.74, 6) is 0. The van der Waals surface area contributed by atoms with E-state index in [1.165, 1.54) is 0 Å². The van der Waals surface area contributed by atoms with Gasteiger partial charge in [0, 0.05) is 6.61 Å². The molecule has 0 saturated carbocycles. The summed E-state index contributed by atoms with van der Waals surface area (Å²) < 4.78 is 7.57. The summed E-state index contributed by atoms with van der Waals surface area (Å²) in [6, 6.07) is 0. The van der Waals surface area contributed by atoms with Gasteiger partial charge in [-0.05, 0) is 30.9 Å². The van der Waals surface area contributed by atoms with E-state index in [9.17, 15) is 0 Å². The van der Waals surface area contributed by atoms with E-state index in [1.54, 1.807) is 6.33 Å². The summed E-state index contributed by atoms with van der Waals surface area (Å²) in [6.07, 6.45) is 4.83. The number of aromatic nitrogens is 4. The summed E-state index contributed by atoms with van der Waals surface area (Å²) >= 11 is 11.8. The molecule has 0 aliphatic carbocycles. The van der Waals surface area contributed by atoms with E-state index < -0.39 is 0 Å². The van der Waals surface area contributed by atoms with Crippen LogP contribution in [0.1, 0.15) is 25.5 Å². The highest BCUT2D eigenvalue weighted by Gasteiger charge is 2.20. The van der Waals surface area contributed by atoms with E-state index in [0.29, 0.717) is 16.3 Å². The fraction of sp³-hybridized carbons (Fsp3) is 0.500. The molecule has 2 aromatic rings. The van der Waals surface area contributed by atoms with Crippen molar-refractivity contribution >= 4 is 34.4 Å². The third kappa shape index (κ3) is 1.99. The molecular formula is C10H10Cl2N4O. The lowest BCUT2D eigenvalue weighted by Gasteiger charge is -2.24. The Morgan fingerprint density at radius 2 is 2.18 bits per heavy atom. The van der Waals surface area contributed by atoms with Crippen LogP contribution in [0.3, 0.4) is 0 Å². The summed E-state index contributed by atoms with van der Waals surface area (Å²) in [4.78, 5) is 12.1. The van der Waals surface area contributed by atoms with Gasteiger partial charge in [0.2, 0.25) is 5.28 Å². The minimum absolute atomic E-state index is 0.0315. The van der Waals surface area contributed by atoms with E-state index in [4.69, 9.17) is 27.9 Å². The maximum atomic E-state index is 6.08. The van der Waals surface area contributed by atoms with Gasteiger partial charge in [0.1, 0.15) is 11.7 Å². The van der Waals surface area contributed by atoms with Crippen LogP contribution in [-0.2, 0) is 4.74 Å². The fourth-order valence-electron chi connectivity index (χ4n) is 2.04. The number of hydrogen-bond donors (Lipinski definition) is 0. The topological polar surface area (TPSA) is 52.8 Å². The Hall–Kier alpha value is -0.910. The minimum Gasteiger partial charge on any atom is -0.358 e. The SMILES string of the molecule is Clc1nc(Cl)c2c(ncn2C2CCCCO2)n1. The maximum absolute atomic E-state index is 6.08. The minimum atomic E-state index is -0.0315. The van der Waals surface area contributed by atoms with E-state index in [2.05, 4.69) is 15.0 Å². The molecule has 0 amide bonds. The van der Waals surface area contributed by atoms with E-state index in [-0.39, 0.29) is 11.5 Å². The first kappa shape index (κ1) is 11.2. The molecular weight excluding hydrogens is 263 g/mol. The van der Waals surface area contributed by atoms with Crippen molar-refractivity contribution < 1.29 is 4.74 Å². The molecule has 5 nitrogen and oxygen atoms in total. The summed E-state index contributed by atoms with van der Waals surface area (Å²) in [7, 11) is 0. The standard InChI is InChI=1S/C10H10Cl2N4O/c11-8-7-9(15-10(12)14-8)13-5-16(7)6-3-1-2-4-17-6/h5-6H,1-4H2. The first-order chi connectivity index (χ1) is 8.25. The molecule has 0 aromatic carbocycles. The van der Waals surface area contributed by atoms with Crippen molar-refractivity contribution in [1.82, 2.24) is 19.5 Å². The van der Waals surface area contributed by atoms with Crippen LogP contribution in [0.5, 0.6) is 0 Å². The van der Waals surface area contributed by atoms with Gasteiger partial charge in [0.15, 0.2) is 10.8 Å². The van der Waals surface area contributed by atoms with Gasteiger partial charge in [-0.2, -0.15) is 4.98 Å². The van der Waals surface area contributed by atoms with Gasteiger partial charge < -0.3 is 4.74 Å². The molecule has 1 aliphatic rings. The van der Waals surface area contributed by atoms with Gasteiger partial charge in [-0.1, -0.05) is 11.6 Å². The monoisotopic (exact) mass is 272 g/mol. The van der Waals surface area contributed by atoms with Crippen molar-refractivity contribution in [3.63, 3.8) is 0 Å². The average molecular weight is 273 g/mol. The molecule has 0 spiro atoms. The first-order valence-electron chi connectivity index (χ1n) is 5.43. The highest BCUT2D eigenvalue weighted by atomic mass is 35.5. The number of halogens is 2. The van der Waals surface area contributed by atoms with E-state index >= 15 is 0 Å². The van der Waals surface area contributed by atoms with Crippen molar-refractivity contribution in [3.8, 4) is 0 Å². The van der Waals surface area contributed by atoms with Gasteiger partial charge in [-0.3, -0.25) is 4.57 Å². The number of nitrogens with zero attached hydrogens (tertiary/aromatic N) is 4. The third-order valence-electron chi connectivity index (χ3n) is 2.82. The highest BCUT2D eigenvalue weighted by molar-refractivity contribution is 6.35. The Kier molecular flexibility index (Phi) is 2.90. The summed E-state index contributed by atoms with van der Waals surface area (Å²) in [5, 5.41) is 0.420. The van der Waals surface area contributed by atoms with Crippen LogP contribution in [0.25, 0.3) is 11.2 Å². The molecule has 2 aromatic heterocycles. The highest BCUT2D eigenvalue weighted by Crippen LogP contribution is 2.29. The van der Waals surface area contributed by atoms with Gasteiger partial charge >= 0.3 is 0 Å². The number of hydrogen-bond acceptors (Lipinski definition) is 4. The molecule has 1 unspecified atom stereocenters. The zero-order valence-corrected chi connectivity index (χ0v) is 10.4. The molecule has 1 aliphatic heterocycles. The molecule has 1 atom stereocenters. The summed E-state index contributed by atoms with van der Waals surface area (Å²) in [6.45, 7) is 0.760. The van der Waals surface area contributed by atoms with Crippen LogP contribution in [0.4, 0.5) is 0 Å². The lowest BCUT2D eigenvalue weighted by atomic mass is 10.2. The predicted molar refractivity (Wildman–Crippen MR) is 64.2 cm³/mol. The van der Waals surface area contributed by atoms with E-state index in [0.717, 1.165) is 25.9 Å². The Morgan fingerprint density at radius 3 is 2.94 bits per heavy atom. The number of imidazole rings is 1. The quantitative estimate of drug-likeness (QED) is 0.592. The predicted octanol–water partition coefficient (Wildman–Crippen LogP) is 2.83. The molecule has 7 heteroatoms. The molecule has 3 heterocycles. The normalized spacial score (nSPS) is 20.9. The second kappa shape index (κ2) is 4.40. The van der Waals surface area contributed by atoms with Gasteiger partial charge in [-0.25, -0.2) is 9.97 Å². The zero-order chi connectivity index (χ0) is 11.8. The average Bonchev–Trinajstić information content (AvgIpc) is 2.74. The smallest absolute Gasteiger partial charge is 0.225 e. The van der Waals surface area contributed by atoms with Crippen LogP contribution in [0, 0.1) is 0 Å². The number of fused-ring (bicyclic) bond motifs is 1. The Balaban J connectivity index is 2.10. The molecule has 0 N–H and O–H groups in total. The molecule has 0 bridgehead atoms. The largest absolute Gasteiger partial charge is 0.358 e. The van der Waals surface area contributed by atoms with Crippen molar-refractivity contribution in [2.75, 3.05) is 6.61 Å². The van der Waals surface area contributed by atoms with Crippen molar-refractivity contribution in [2.24, 2.45) is 0 Å². The van der Waals surface area contributed by atoms with Crippen LogP contribution in [0.2, 0.25) is 10.4 Å². The molecule has 90 valence electrons. The van der Waals surface area contributed by atoms with Crippen molar-refractivity contribution in [3.05, 3.63) is 16.8 Å².